The minimum absolute atomic E-state index is 0.0156. The molecule has 0 radical (unpaired) electrons. The second-order valence-corrected chi connectivity index (χ2v) is 3.87. The Morgan fingerprint density at radius 1 is 1.64 bits per heavy atom. The smallest absolute Gasteiger partial charge is 0.120 e. The van der Waals surface area contributed by atoms with Crippen molar-refractivity contribution in [2.24, 2.45) is 5.73 Å². The Morgan fingerprint density at radius 2 is 2.36 bits per heavy atom. The molecule has 0 heterocycles. The summed E-state index contributed by atoms with van der Waals surface area (Å²) in [6.07, 6.45) is 1.77. The molecule has 0 aromatic heterocycles. The summed E-state index contributed by atoms with van der Waals surface area (Å²) < 4.78 is 6.58. The van der Waals surface area contributed by atoms with Crippen molar-refractivity contribution in [3.63, 3.8) is 0 Å². The van der Waals surface area contributed by atoms with Gasteiger partial charge >= 0.3 is 0 Å². The topological polar surface area (TPSA) is 35.2 Å². The van der Waals surface area contributed by atoms with Crippen LogP contribution in [0.2, 0.25) is 0 Å². The number of hydrogen-bond donors (Lipinski definition) is 1. The van der Waals surface area contributed by atoms with Gasteiger partial charge < -0.3 is 10.5 Å². The molecule has 0 amide bonds. The molecule has 0 aliphatic carbocycles. The Balaban J connectivity index is 2.84. The van der Waals surface area contributed by atoms with Crippen LogP contribution in [0.1, 0.15) is 12.5 Å². The Morgan fingerprint density at radius 3 is 2.93 bits per heavy atom. The van der Waals surface area contributed by atoms with Crippen molar-refractivity contribution < 1.29 is 4.74 Å². The van der Waals surface area contributed by atoms with Crippen LogP contribution in [0.25, 0.3) is 0 Å². The third kappa shape index (κ3) is 2.86. The standard InChI is InChI=1S/C11H14BrNO/c1-3-8(2)14-10-4-5-11(12)9(6-10)7-13/h3-6,8H,1,7,13H2,2H3. The number of halogens is 1. The molecule has 1 unspecified atom stereocenters. The zero-order valence-corrected chi connectivity index (χ0v) is 9.75. The van der Waals surface area contributed by atoms with E-state index in [0.29, 0.717) is 6.54 Å². The fourth-order valence-corrected chi connectivity index (χ4v) is 1.45. The molecule has 0 saturated heterocycles. The van der Waals surface area contributed by atoms with Crippen LogP contribution in [0.15, 0.2) is 35.3 Å². The first-order valence-electron chi connectivity index (χ1n) is 4.45. The molecule has 0 bridgehead atoms. The average Bonchev–Trinajstić information content (AvgIpc) is 2.20. The third-order valence-electron chi connectivity index (χ3n) is 1.89. The van der Waals surface area contributed by atoms with Crippen molar-refractivity contribution >= 4 is 15.9 Å². The van der Waals surface area contributed by atoms with Crippen molar-refractivity contribution in [3.05, 3.63) is 40.9 Å². The monoisotopic (exact) mass is 255 g/mol. The maximum atomic E-state index is 5.58. The van der Waals surface area contributed by atoms with E-state index in [2.05, 4.69) is 22.5 Å². The molecular formula is C11H14BrNO. The zero-order valence-electron chi connectivity index (χ0n) is 8.16. The third-order valence-corrected chi connectivity index (χ3v) is 2.66. The van der Waals surface area contributed by atoms with Gasteiger partial charge in [0, 0.05) is 11.0 Å². The molecule has 76 valence electrons. The van der Waals surface area contributed by atoms with Crippen LogP contribution >= 0.6 is 15.9 Å². The summed E-state index contributed by atoms with van der Waals surface area (Å²) >= 11 is 3.42. The lowest BCUT2D eigenvalue weighted by molar-refractivity contribution is 0.270. The molecule has 3 heteroatoms. The molecule has 0 fully saturated rings. The van der Waals surface area contributed by atoms with Crippen LogP contribution in [-0.4, -0.2) is 6.10 Å². The number of hydrogen-bond acceptors (Lipinski definition) is 2. The van der Waals surface area contributed by atoms with E-state index in [1.165, 1.54) is 0 Å². The molecule has 0 spiro atoms. The normalized spacial score (nSPS) is 12.2. The predicted molar refractivity (Wildman–Crippen MR) is 62.3 cm³/mol. The number of ether oxygens (including phenoxy) is 1. The van der Waals surface area contributed by atoms with Crippen molar-refractivity contribution in [2.75, 3.05) is 0 Å². The van der Waals surface area contributed by atoms with Crippen LogP contribution < -0.4 is 10.5 Å². The maximum absolute atomic E-state index is 5.58. The molecule has 1 atom stereocenters. The van der Waals surface area contributed by atoms with Gasteiger partial charge in [-0.25, -0.2) is 0 Å². The van der Waals surface area contributed by atoms with E-state index < -0.39 is 0 Å². The predicted octanol–water partition coefficient (Wildman–Crippen LogP) is 2.86. The largest absolute Gasteiger partial charge is 0.487 e. The zero-order chi connectivity index (χ0) is 10.6. The summed E-state index contributed by atoms with van der Waals surface area (Å²) in [7, 11) is 0. The van der Waals surface area contributed by atoms with E-state index in [4.69, 9.17) is 10.5 Å². The minimum Gasteiger partial charge on any atom is -0.487 e. The minimum atomic E-state index is 0.0156. The van der Waals surface area contributed by atoms with Crippen molar-refractivity contribution in [1.29, 1.82) is 0 Å². The van der Waals surface area contributed by atoms with Crippen molar-refractivity contribution in [2.45, 2.75) is 19.6 Å². The van der Waals surface area contributed by atoms with Gasteiger partial charge in [-0.15, -0.1) is 0 Å². The lowest BCUT2D eigenvalue weighted by Gasteiger charge is -2.11. The van der Waals surface area contributed by atoms with Crippen LogP contribution in [0.4, 0.5) is 0 Å². The van der Waals surface area contributed by atoms with E-state index in [1.54, 1.807) is 6.08 Å². The fourth-order valence-electron chi connectivity index (χ4n) is 1.04. The van der Waals surface area contributed by atoms with E-state index in [-0.39, 0.29) is 6.10 Å². The van der Waals surface area contributed by atoms with Crippen LogP contribution in [0.5, 0.6) is 5.75 Å². The molecule has 1 aromatic carbocycles. The quantitative estimate of drug-likeness (QED) is 0.840. The highest BCUT2D eigenvalue weighted by Gasteiger charge is 2.02. The van der Waals surface area contributed by atoms with Crippen molar-refractivity contribution in [1.82, 2.24) is 0 Å². The maximum Gasteiger partial charge on any atom is 0.120 e. The van der Waals surface area contributed by atoms with Crippen LogP contribution in [-0.2, 0) is 6.54 Å². The summed E-state index contributed by atoms with van der Waals surface area (Å²) in [6.45, 7) is 6.10. The summed E-state index contributed by atoms with van der Waals surface area (Å²) in [4.78, 5) is 0. The molecule has 1 rings (SSSR count). The molecule has 2 nitrogen and oxygen atoms in total. The highest BCUT2D eigenvalue weighted by molar-refractivity contribution is 9.10. The highest BCUT2D eigenvalue weighted by atomic mass is 79.9. The molecular weight excluding hydrogens is 242 g/mol. The fraction of sp³-hybridized carbons (Fsp3) is 0.273. The van der Waals surface area contributed by atoms with Crippen LogP contribution in [0.3, 0.4) is 0 Å². The summed E-state index contributed by atoms with van der Waals surface area (Å²) in [5.74, 6) is 0.820. The van der Waals surface area contributed by atoms with Crippen molar-refractivity contribution in [3.8, 4) is 5.75 Å². The molecule has 14 heavy (non-hydrogen) atoms. The number of benzene rings is 1. The first-order valence-corrected chi connectivity index (χ1v) is 5.24. The number of nitrogens with two attached hydrogens (primary N) is 1. The SMILES string of the molecule is C=CC(C)Oc1ccc(Br)c(CN)c1. The number of rotatable bonds is 4. The van der Waals surface area contributed by atoms with Gasteiger partial charge in [-0.1, -0.05) is 28.6 Å². The Labute approximate surface area is 92.9 Å². The van der Waals surface area contributed by atoms with Gasteiger partial charge in [0.2, 0.25) is 0 Å². The summed E-state index contributed by atoms with van der Waals surface area (Å²) in [5, 5.41) is 0. The average molecular weight is 256 g/mol. The van der Waals surface area contributed by atoms with Gasteiger partial charge in [0.15, 0.2) is 0 Å². The molecule has 2 N–H and O–H groups in total. The molecule has 0 aliphatic rings. The van der Waals surface area contributed by atoms with Crippen LogP contribution in [0, 0.1) is 0 Å². The molecule has 1 aromatic rings. The Bertz CT molecular complexity index is 325. The van der Waals surface area contributed by atoms with Gasteiger partial charge in [0.05, 0.1) is 0 Å². The lowest BCUT2D eigenvalue weighted by atomic mass is 10.2. The Hall–Kier alpha value is -0.800. The van der Waals surface area contributed by atoms with E-state index in [9.17, 15) is 0 Å². The van der Waals surface area contributed by atoms with E-state index in [1.807, 2.05) is 25.1 Å². The molecule has 0 saturated carbocycles. The summed E-state index contributed by atoms with van der Waals surface area (Å²) in [6, 6.07) is 5.78. The van der Waals surface area contributed by atoms with Gasteiger partial charge in [0.1, 0.15) is 11.9 Å². The second-order valence-electron chi connectivity index (χ2n) is 3.02. The molecule has 0 aliphatic heterocycles. The van der Waals surface area contributed by atoms with Gasteiger partial charge in [-0.3, -0.25) is 0 Å². The highest BCUT2D eigenvalue weighted by Crippen LogP contribution is 2.22. The van der Waals surface area contributed by atoms with Gasteiger partial charge in [-0.05, 0) is 30.7 Å². The first kappa shape index (κ1) is 11.3. The first-order chi connectivity index (χ1) is 6.67. The van der Waals surface area contributed by atoms with E-state index in [0.717, 1.165) is 15.8 Å². The second kappa shape index (κ2) is 5.17. The van der Waals surface area contributed by atoms with Gasteiger partial charge in [0.25, 0.3) is 0 Å². The summed E-state index contributed by atoms with van der Waals surface area (Å²) in [5.41, 5.74) is 6.62. The lowest BCUT2D eigenvalue weighted by Crippen LogP contribution is -2.08. The van der Waals surface area contributed by atoms with Gasteiger partial charge in [-0.2, -0.15) is 0 Å². The van der Waals surface area contributed by atoms with E-state index >= 15 is 0 Å². The Kier molecular flexibility index (Phi) is 4.17.